The fraction of sp³-hybridized carbons (Fsp3) is 0.562. The number of ketones is 1. The standard InChI is InChI=1S/C16H20O2/c1-11-7-8-16(12(2)9-11)10-14(17)13-5-3-4-6-15(13)18-16/h3-6,11-12H,7-10H2,1-2H3. The van der Waals surface area contributed by atoms with Crippen LogP contribution in [0.3, 0.4) is 0 Å². The molecule has 18 heavy (non-hydrogen) atoms. The first-order valence-electron chi connectivity index (χ1n) is 6.92. The average Bonchev–Trinajstić information content (AvgIpc) is 2.35. The maximum Gasteiger partial charge on any atom is 0.170 e. The Hall–Kier alpha value is -1.31. The molecule has 3 atom stereocenters. The van der Waals surface area contributed by atoms with Gasteiger partial charge in [0.25, 0.3) is 0 Å². The maximum atomic E-state index is 12.3. The van der Waals surface area contributed by atoms with Crippen LogP contribution in [0.1, 0.15) is 49.9 Å². The van der Waals surface area contributed by atoms with E-state index < -0.39 is 0 Å². The summed E-state index contributed by atoms with van der Waals surface area (Å²) in [6.07, 6.45) is 3.89. The molecule has 1 aromatic rings. The lowest BCUT2D eigenvalue weighted by atomic mass is 9.68. The zero-order valence-electron chi connectivity index (χ0n) is 11.1. The number of fused-ring (bicyclic) bond motifs is 1. The molecule has 0 amide bonds. The molecule has 0 radical (unpaired) electrons. The highest BCUT2D eigenvalue weighted by Gasteiger charge is 2.47. The summed E-state index contributed by atoms with van der Waals surface area (Å²) < 4.78 is 6.27. The van der Waals surface area contributed by atoms with Crippen molar-refractivity contribution in [1.29, 1.82) is 0 Å². The third kappa shape index (κ3) is 1.75. The van der Waals surface area contributed by atoms with E-state index >= 15 is 0 Å². The molecule has 2 heteroatoms. The molecule has 3 unspecified atom stereocenters. The van der Waals surface area contributed by atoms with E-state index in [2.05, 4.69) is 13.8 Å². The van der Waals surface area contributed by atoms with Crippen molar-refractivity contribution in [3.8, 4) is 5.75 Å². The van der Waals surface area contributed by atoms with Crippen molar-refractivity contribution >= 4 is 5.78 Å². The minimum Gasteiger partial charge on any atom is -0.486 e. The lowest BCUT2D eigenvalue weighted by Crippen LogP contribution is -2.50. The summed E-state index contributed by atoms with van der Waals surface area (Å²) in [6, 6.07) is 7.66. The second-order valence-corrected chi connectivity index (χ2v) is 6.04. The third-order valence-electron chi connectivity index (χ3n) is 4.67. The van der Waals surface area contributed by atoms with Gasteiger partial charge in [0.2, 0.25) is 0 Å². The quantitative estimate of drug-likeness (QED) is 0.693. The van der Waals surface area contributed by atoms with Gasteiger partial charge in [0, 0.05) is 0 Å². The molecular weight excluding hydrogens is 224 g/mol. The lowest BCUT2D eigenvalue weighted by Gasteiger charge is -2.46. The van der Waals surface area contributed by atoms with Gasteiger partial charge in [0.15, 0.2) is 5.78 Å². The van der Waals surface area contributed by atoms with E-state index in [1.54, 1.807) is 0 Å². The van der Waals surface area contributed by atoms with E-state index in [0.717, 1.165) is 30.1 Å². The van der Waals surface area contributed by atoms with Crippen molar-refractivity contribution in [2.45, 2.75) is 45.1 Å². The summed E-state index contributed by atoms with van der Waals surface area (Å²) in [5.74, 6) is 2.24. The molecule has 1 aliphatic heterocycles. The molecule has 2 aliphatic rings. The molecule has 96 valence electrons. The molecule has 0 aromatic heterocycles. The Morgan fingerprint density at radius 3 is 2.83 bits per heavy atom. The third-order valence-corrected chi connectivity index (χ3v) is 4.67. The molecule has 1 heterocycles. The number of rotatable bonds is 0. The topological polar surface area (TPSA) is 26.3 Å². The Morgan fingerprint density at radius 2 is 2.06 bits per heavy atom. The number of para-hydroxylation sites is 1. The number of hydrogen-bond donors (Lipinski definition) is 0. The van der Waals surface area contributed by atoms with Gasteiger partial charge in [-0.2, -0.15) is 0 Å². The molecule has 3 rings (SSSR count). The van der Waals surface area contributed by atoms with Gasteiger partial charge in [-0.3, -0.25) is 4.79 Å². The van der Waals surface area contributed by atoms with Crippen LogP contribution in [0.15, 0.2) is 24.3 Å². The van der Waals surface area contributed by atoms with Crippen LogP contribution in [0.2, 0.25) is 0 Å². The van der Waals surface area contributed by atoms with E-state index in [4.69, 9.17) is 4.74 Å². The Balaban J connectivity index is 1.96. The average molecular weight is 244 g/mol. The van der Waals surface area contributed by atoms with E-state index in [1.165, 1.54) is 6.42 Å². The highest BCUT2D eigenvalue weighted by molar-refractivity contribution is 6.00. The predicted octanol–water partition coefficient (Wildman–Crippen LogP) is 3.85. The molecule has 0 bridgehead atoms. The first-order valence-corrected chi connectivity index (χ1v) is 6.92. The van der Waals surface area contributed by atoms with Crippen molar-refractivity contribution < 1.29 is 9.53 Å². The van der Waals surface area contributed by atoms with Crippen molar-refractivity contribution in [1.82, 2.24) is 0 Å². The van der Waals surface area contributed by atoms with Crippen molar-refractivity contribution in [2.24, 2.45) is 11.8 Å². The van der Waals surface area contributed by atoms with E-state index in [-0.39, 0.29) is 11.4 Å². The number of carbonyl (C=O) groups is 1. The summed E-state index contributed by atoms with van der Waals surface area (Å²) in [6.45, 7) is 4.53. The summed E-state index contributed by atoms with van der Waals surface area (Å²) in [5, 5.41) is 0. The van der Waals surface area contributed by atoms with Gasteiger partial charge in [0.05, 0.1) is 12.0 Å². The number of carbonyl (C=O) groups excluding carboxylic acids is 1. The molecular formula is C16H20O2. The number of benzene rings is 1. The largest absolute Gasteiger partial charge is 0.486 e. The minimum atomic E-state index is -0.238. The van der Waals surface area contributed by atoms with Gasteiger partial charge in [-0.25, -0.2) is 0 Å². The Morgan fingerprint density at radius 1 is 1.28 bits per heavy atom. The molecule has 1 aromatic carbocycles. The Bertz CT molecular complexity index is 480. The minimum absolute atomic E-state index is 0.238. The number of ether oxygens (including phenoxy) is 1. The summed E-state index contributed by atoms with van der Waals surface area (Å²) in [7, 11) is 0. The van der Waals surface area contributed by atoms with Crippen molar-refractivity contribution in [3.63, 3.8) is 0 Å². The van der Waals surface area contributed by atoms with Crippen LogP contribution in [0.4, 0.5) is 0 Å². The van der Waals surface area contributed by atoms with E-state index in [9.17, 15) is 4.79 Å². The summed E-state index contributed by atoms with van der Waals surface area (Å²) in [4.78, 5) is 12.3. The fourth-order valence-electron chi connectivity index (χ4n) is 3.50. The molecule has 1 saturated carbocycles. The van der Waals surface area contributed by atoms with Crippen LogP contribution in [0.25, 0.3) is 0 Å². The zero-order valence-corrected chi connectivity index (χ0v) is 11.1. The van der Waals surface area contributed by atoms with Crippen LogP contribution in [-0.4, -0.2) is 11.4 Å². The molecule has 1 fully saturated rings. The SMILES string of the molecule is CC1CCC2(CC(=O)c3ccccc3O2)C(C)C1. The van der Waals surface area contributed by atoms with Crippen LogP contribution < -0.4 is 4.74 Å². The molecule has 0 saturated heterocycles. The molecule has 1 spiro atoms. The normalized spacial score (nSPS) is 35.1. The highest BCUT2D eigenvalue weighted by Crippen LogP contribution is 2.46. The van der Waals surface area contributed by atoms with Crippen LogP contribution in [0, 0.1) is 11.8 Å². The van der Waals surface area contributed by atoms with E-state index in [1.807, 2.05) is 24.3 Å². The fourth-order valence-corrected chi connectivity index (χ4v) is 3.50. The summed E-state index contributed by atoms with van der Waals surface area (Å²) >= 11 is 0. The van der Waals surface area contributed by atoms with Gasteiger partial charge < -0.3 is 4.74 Å². The van der Waals surface area contributed by atoms with Crippen molar-refractivity contribution in [2.75, 3.05) is 0 Å². The number of Topliss-reactive ketones (excluding diaryl/α,β-unsaturated/α-hetero) is 1. The first-order chi connectivity index (χ1) is 8.61. The first kappa shape index (κ1) is 11.8. The van der Waals surface area contributed by atoms with Crippen LogP contribution in [-0.2, 0) is 0 Å². The van der Waals surface area contributed by atoms with Gasteiger partial charge in [-0.05, 0) is 43.2 Å². The highest BCUT2D eigenvalue weighted by atomic mass is 16.5. The van der Waals surface area contributed by atoms with Crippen LogP contribution in [0.5, 0.6) is 5.75 Å². The zero-order chi connectivity index (χ0) is 12.8. The second kappa shape index (κ2) is 4.11. The van der Waals surface area contributed by atoms with Crippen molar-refractivity contribution in [3.05, 3.63) is 29.8 Å². The second-order valence-electron chi connectivity index (χ2n) is 6.04. The monoisotopic (exact) mass is 244 g/mol. The van der Waals surface area contributed by atoms with Crippen LogP contribution >= 0.6 is 0 Å². The smallest absolute Gasteiger partial charge is 0.170 e. The van der Waals surface area contributed by atoms with Gasteiger partial charge in [-0.1, -0.05) is 26.0 Å². The van der Waals surface area contributed by atoms with Gasteiger partial charge in [-0.15, -0.1) is 0 Å². The number of hydrogen-bond acceptors (Lipinski definition) is 2. The van der Waals surface area contributed by atoms with E-state index in [0.29, 0.717) is 12.3 Å². The molecule has 0 N–H and O–H groups in total. The molecule has 1 aliphatic carbocycles. The predicted molar refractivity (Wildman–Crippen MR) is 70.9 cm³/mol. The maximum absolute atomic E-state index is 12.3. The lowest BCUT2D eigenvalue weighted by molar-refractivity contribution is -0.0371. The van der Waals surface area contributed by atoms with Gasteiger partial charge >= 0.3 is 0 Å². The Kier molecular flexibility index (Phi) is 2.69. The summed E-state index contributed by atoms with van der Waals surface area (Å²) in [5.41, 5.74) is 0.520. The molecule has 2 nitrogen and oxygen atoms in total. The Labute approximate surface area is 108 Å². The van der Waals surface area contributed by atoms with Gasteiger partial charge in [0.1, 0.15) is 11.4 Å².